The van der Waals surface area contributed by atoms with Crippen molar-refractivity contribution in [2.24, 2.45) is 11.8 Å². The normalized spacial score (nSPS) is 23.9. The van der Waals surface area contributed by atoms with Crippen molar-refractivity contribution in [2.75, 3.05) is 6.61 Å². The van der Waals surface area contributed by atoms with E-state index >= 15 is 0 Å². The quantitative estimate of drug-likeness (QED) is 0.465. The molecule has 1 N–H and O–H groups in total. The average molecular weight is 254 g/mol. The van der Waals surface area contributed by atoms with Crippen LogP contribution in [0, 0.1) is 11.8 Å². The molecule has 0 spiro atoms. The molecule has 4 nitrogen and oxygen atoms in total. The number of carboxylic acids is 1. The molecular weight excluding hydrogens is 232 g/mol. The predicted octanol–water partition coefficient (Wildman–Crippen LogP) is 2.78. The fourth-order valence-electron chi connectivity index (χ4n) is 2.22. The van der Waals surface area contributed by atoms with Crippen LogP contribution in [0.4, 0.5) is 0 Å². The highest BCUT2D eigenvalue weighted by Crippen LogP contribution is 2.35. The second-order valence-corrected chi connectivity index (χ2v) is 5.04. The SMILES string of the molecule is CCCCOC(=O)C1CC(C)=C(C)CC1C(=O)O. The van der Waals surface area contributed by atoms with E-state index in [2.05, 4.69) is 0 Å². The molecular formula is C14H22O4. The number of carbonyl (C=O) groups is 2. The van der Waals surface area contributed by atoms with E-state index in [1.54, 1.807) is 0 Å². The van der Waals surface area contributed by atoms with E-state index < -0.39 is 17.8 Å². The molecule has 4 heteroatoms. The lowest BCUT2D eigenvalue weighted by molar-refractivity contribution is -0.158. The minimum atomic E-state index is -0.903. The summed E-state index contributed by atoms with van der Waals surface area (Å²) in [5.41, 5.74) is 2.20. The summed E-state index contributed by atoms with van der Waals surface area (Å²) in [7, 11) is 0. The predicted molar refractivity (Wildman–Crippen MR) is 68.1 cm³/mol. The molecule has 102 valence electrons. The number of unbranched alkanes of at least 4 members (excludes halogenated alkanes) is 1. The van der Waals surface area contributed by atoms with Crippen molar-refractivity contribution in [3.05, 3.63) is 11.1 Å². The van der Waals surface area contributed by atoms with Crippen molar-refractivity contribution in [2.45, 2.75) is 46.5 Å². The minimum absolute atomic E-state index is 0.359. The molecule has 0 aromatic rings. The van der Waals surface area contributed by atoms with Gasteiger partial charge in [0.2, 0.25) is 0 Å². The molecule has 0 aromatic carbocycles. The van der Waals surface area contributed by atoms with Crippen molar-refractivity contribution < 1.29 is 19.4 Å². The molecule has 0 saturated carbocycles. The molecule has 0 aromatic heterocycles. The number of carbonyl (C=O) groups excluding carboxylic acids is 1. The maximum Gasteiger partial charge on any atom is 0.310 e. The molecule has 2 atom stereocenters. The summed E-state index contributed by atoms with van der Waals surface area (Å²) in [6.45, 7) is 6.30. The van der Waals surface area contributed by atoms with Gasteiger partial charge in [-0.25, -0.2) is 0 Å². The van der Waals surface area contributed by atoms with Crippen LogP contribution in [0.5, 0.6) is 0 Å². The molecule has 18 heavy (non-hydrogen) atoms. The lowest BCUT2D eigenvalue weighted by atomic mass is 9.76. The lowest BCUT2D eigenvalue weighted by Gasteiger charge is -2.28. The van der Waals surface area contributed by atoms with E-state index in [0.717, 1.165) is 24.0 Å². The summed E-state index contributed by atoms with van der Waals surface area (Å²) < 4.78 is 5.16. The van der Waals surface area contributed by atoms with Gasteiger partial charge in [-0.2, -0.15) is 0 Å². The van der Waals surface area contributed by atoms with Gasteiger partial charge in [-0.3, -0.25) is 9.59 Å². The third-order valence-electron chi connectivity index (χ3n) is 3.63. The van der Waals surface area contributed by atoms with Crippen LogP contribution in [-0.4, -0.2) is 23.7 Å². The Morgan fingerprint density at radius 2 is 1.78 bits per heavy atom. The van der Waals surface area contributed by atoms with Crippen LogP contribution in [0.3, 0.4) is 0 Å². The Morgan fingerprint density at radius 3 is 2.28 bits per heavy atom. The summed E-state index contributed by atoms with van der Waals surface area (Å²) >= 11 is 0. The van der Waals surface area contributed by atoms with E-state index in [4.69, 9.17) is 4.74 Å². The largest absolute Gasteiger partial charge is 0.481 e. The van der Waals surface area contributed by atoms with E-state index in [0.29, 0.717) is 19.4 Å². The Balaban J connectivity index is 2.71. The first-order valence-electron chi connectivity index (χ1n) is 6.52. The Hall–Kier alpha value is -1.32. The highest BCUT2D eigenvalue weighted by molar-refractivity contribution is 5.82. The van der Waals surface area contributed by atoms with Crippen LogP contribution in [0.15, 0.2) is 11.1 Å². The third-order valence-corrected chi connectivity index (χ3v) is 3.63. The molecule has 2 unspecified atom stereocenters. The summed E-state index contributed by atoms with van der Waals surface area (Å²) in [4.78, 5) is 23.2. The Morgan fingerprint density at radius 1 is 1.22 bits per heavy atom. The van der Waals surface area contributed by atoms with Crippen molar-refractivity contribution in [3.63, 3.8) is 0 Å². The van der Waals surface area contributed by atoms with Crippen molar-refractivity contribution in [3.8, 4) is 0 Å². The molecule has 0 fully saturated rings. The van der Waals surface area contributed by atoms with Crippen molar-refractivity contribution in [1.29, 1.82) is 0 Å². The number of hydrogen-bond donors (Lipinski definition) is 1. The Kier molecular flexibility index (Phi) is 5.38. The third kappa shape index (κ3) is 3.59. The van der Waals surface area contributed by atoms with Gasteiger partial charge in [0.05, 0.1) is 18.4 Å². The van der Waals surface area contributed by atoms with Gasteiger partial charge in [-0.15, -0.1) is 0 Å². The molecule has 1 aliphatic carbocycles. The van der Waals surface area contributed by atoms with Crippen LogP contribution in [0.25, 0.3) is 0 Å². The van der Waals surface area contributed by atoms with Crippen LogP contribution < -0.4 is 0 Å². The standard InChI is InChI=1S/C14H22O4/c1-4-5-6-18-14(17)12-8-10(3)9(2)7-11(12)13(15)16/h11-12H,4-8H2,1-3H3,(H,15,16). The molecule has 0 bridgehead atoms. The number of aliphatic carboxylic acids is 1. The summed E-state index contributed by atoms with van der Waals surface area (Å²) in [6, 6.07) is 0. The first kappa shape index (κ1) is 14.7. The maximum absolute atomic E-state index is 11.9. The molecule has 0 radical (unpaired) electrons. The number of carboxylic acid groups (broad SMARTS) is 1. The molecule has 1 rings (SSSR count). The summed E-state index contributed by atoms with van der Waals surface area (Å²) in [5, 5.41) is 9.20. The fourth-order valence-corrected chi connectivity index (χ4v) is 2.22. The van der Waals surface area contributed by atoms with Crippen LogP contribution in [0.1, 0.15) is 46.5 Å². The Bertz CT molecular complexity index is 357. The minimum Gasteiger partial charge on any atom is -0.481 e. The first-order valence-corrected chi connectivity index (χ1v) is 6.52. The molecule has 0 aliphatic heterocycles. The van der Waals surface area contributed by atoms with Crippen molar-refractivity contribution >= 4 is 11.9 Å². The van der Waals surface area contributed by atoms with Crippen LogP contribution in [0.2, 0.25) is 0 Å². The van der Waals surface area contributed by atoms with E-state index in [9.17, 15) is 14.7 Å². The number of allylic oxidation sites excluding steroid dienone is 2. The first-order chi connectivity index (χ1) is 8.47. The van der Waals surface area contributed by atoms with E-state index in [1.807, 2.05) is 20.8 Å². The van der Waals surface area contributed by atoms with Crippen LogP contribution >= 0.6 is 0 Å². The van der Waals surface area contributed by atoms with Gasteiger partial charge in [0, 0.05) is 0 Å². The maximum atomic E-state index is 11.9. The summed E-state index contributed by atoms with van der Waals surface area (Å²) in [6.07, 6.45) is 2.74. The smallest absolute Gasteiger partial charge is 0.310 e. The van der Waals surface area contributed by atoms with Crippen molar-refractivity contribution in [1.82, 2.24) is 0 Å². The second-order valence-electron chi connectivity index (χ2n) is 5.04. The summed E-state index contributed by atoms with van der Waals surface area (Å²) in [5.74, 6) is -2.42. The fraction of sp³-hybridized carbons (Fsp3) is 0.714. The van der Waals surface area contributed by atoms with Gasteiger partial charge in [0.25, 0.3) is 0 Å². The topological polar surface area (TPSA) is 63.6 Å². The van der Waals surface area contributed by atoms with E-state index in [1.165, 1.54) is 0 Å². The Labute approximate surface area is 108 Å². The van der Waals surface area contributed by atoms with Crippen LogP contribution in [-0.2, 0) is 14.3 Å². The second kappa shape index (κ2) is 6.57. The van der Waals surface area contributed by atoms with Gasteiger partial charge >= 0.3 is 11.9 Å². The zero-order valence-corrected chi connectivity index (χ0v) is 11.4. The molecule has 0 heterocycles. The van der Waals surface area contributed by atoms with Gasteiger partial charge in [0.1, 0.15) is 0 Å². The van der Waals surface area contributed by atoms with Gasteiger partial charge in [0.15, 0.2) is 0 Å². The van der Waals surface area contributed by atoms with E-state index in [-0.39, 0.29) is 5.97 Å². The average Bonchev–Trinajstić information content (AvgIpc) is 2.32. The zero-order valence-electron chi connectivity index (χ0n) is 11.4. The number of rotatable bonds is 5. The lowest BCUT2D eigenvalue weighted by Crippen LogP contribution is -2.34. The zero-order chi connectivity index (χ0) is 13.7. The molecule has 0 amide bonds. The molecule has 0 saturated heterocycles. The van der Waals surface area contributed by atoms with Gasteiger partial charge in [-0.1, -0.05) is 24.5 Å². The van der Waals surface area contributed by atoms with Gasteiger partial charge in [-0.05, 0) is 33.1 Å². The van der Waals surface area contributed by atoms with Gasteiger partial charge < -0.3 is 9.84 Å². The highest BCUT2D eigenvalue weighted by Gasteiger charge is 2.38. The number of ether oxygens (including phenoxy) is 1. The monoisotopic (exact) mass is 254 g/mol. The highest BCUT2D eigenvalue weighted by atomic mass is 16.5. The number of hydrogen-bond acceptors (Lipinski definition) is 3. The number of esters is 1. The molecule has 1 aliphatic rings.